The molecule has 10 atom stereocenters. The van der Waals surface area contributed by atoms with Crippen molar-refractivity contribution in [3.63, 3.8) is 0 Å². The van der Waals surface area contributed by atoms with Crippen molar-refractivity contribution in [2.45, 2.75) is 125 Å². The molecule has 34 heavy (non-hydrogen) atoms. The van der Waals surface area contributed by atoms with Gasteiger partial charge in [0.05, 0.1) is 12.5 Å². The third kappa shape index (κ3) is 4.40. The number of hydrogen-bond donors (Lipinski definition) is 0. The zero-order valence-corrected chi connectivity index (χ0v) is 23.1. The van der Waals surface area contributed by atoms with Gasteiger partial charge in [0, 0.05) is 0 Å². The first-order valence-corrected chi connectivity index (χ1v) is 15.4. The highest BCUT2D eigenvalue weighted by Crippen LogP contribution is 2.68. The first-order chi connectivity index (χ1) is 16.2. The van der Waals surface area contributed by atoms with Gasteiger partial charge in [0.1, 0.15) is 0 Å². The minimum Gasteiger partial charge on any atom is -0.465 e. The lowest BCUT2D eigenvalue weighted by molar-refractivity contribution is -0.142. The van der Waals surface area contributed by atoms with Crippen molar-refractivity contribution in [3.8, 4) is 0 Å². The maximum Gasteiger partial charge on any atom is 0.309 e. The summed E-state index contributed by atoms with van der Waals surface area (Å²) in [6, 6.07) is 0. The van der Waals surface area contributed by atoms with Gasteiger partial charge in [-0.1, -0.05) is 53.9 Å². The Morgan fingerprint density at radius 2 is 1.65 bits per heavy atom. The van der Waals surface area contributed by atoms with E-state index < -0.39 is 0 Å². The second-order valence-corrected chi connectivity index (χ2v) is 14.7. The van der Waals surface area contributed by atoms with Crippen LogP contribution >= 0.6 is 0 Å². The quantitative estimate of drug-likeness (QED) is 0.348. The van der Waals surface area contributed by atoms with E-state index in [1.54, 1.807) is 0 Å². The molecule has 0 amide bonds. The monoisotopic (exact) mass is 470 g/mol. The Morgan fingerprint density at radius 3 is 2.38 bits per heavy atom. The second-order valence-electron chi connectivity index (χ2n) is 14.7. The average molecular weight is 471 g/mol. The van der Waals surface area contributed by atoms with E-state index in [0.717, 1.165) is 60.2 Å². The molecule has 4 saturated carbocycles. The normalized spacial score (nSPS) is 47.1. The summed E-state index contributed by atoms with van der Waals surface area (Å²) >= 11 is 0. The van der Waals surface area contributed by atoms with Crippen molar-refractivity contribution in [1.82, 2.24) is 0 Å². The van der Waals surface area contributed by atoms with E-state index in [-0.39, 0.29) is 11.9 Å². The molecule has 1 aliphatic heterocycles. The van der Waals surface area contributed by atoms with E-state index in [0.29, 0.717) is 17.4 Å². The predicted octanol–water partition coefficient (Wildman–Crippen LogP) is 8.68. The number of rotatable bonds is 7. The summed E-state index contributed by atoms with van der Waals surface area (Å²) < 4.78 is 5.27. The van der Waals surface area contributed by atoms with Gasteiger partial charge in [-0.15, -0.1) is 0 Å². The number of carbonyl (C=O) groups is 1. The van der Waals surface area contributed by atoms with Crippen molar-refractivity contribution >= 4 is 5.97 Å². The lowest BCUT2D eigenvalue weighted by Gasteiger charge is -2.61. The molecule has 0 aromatic rings. The summed E-state index contributed by atoms with van der Waals surface area (Å²) in [4.78, 5) is 12.1. The average Bonchev–Trinajstić information content (AvgIpc) is 3.36. The van der Waals surface area contributed by atoms with Crippen LogP contribution in [0.25, 0.3) is 0 Å². The maximum absolute atomic E-state index is 12.1. The third-order valence-corrected chi connectivity index (χ3v) is 12.6. The van der Waals surface area contributed by atoms with E-state index in [1.165, 1.54) is 77.0 Å². The lowest BCUT2D eigenvalue weighted by Crippen LogP contribution is -2.53. The van der Waals surface area contributed by atoms with Crippen molar-refractivity contribution in [3.05, 3.63) is 0 Å². The van der Waals surface area contributed by atoms with Crippen LogP contribution in [0.2, 0.25) is 0 Å². The van der Waals surface area contributed by atoms with Crippen molar-refractivity contribution in [2.24, 2.45) is 64.1 Å². The minimum atomic E-state index is 0.0952. The van der Waals surface area contributed by atoms with Gasteiger partial charge in [0.15, 0.2) is 0 Å². The smallest absolute Gasteiger partial charge is 0.309 e. The van der Waals surface area contributed by atoms with Crippen LogP contribution in [0.1, 0.15) is 125 Å². The van der Waals surface area contributed by atoms with E-state index in [2.05, 4.69) is 34.6 Å². The molecule has 1 saturated heterocycles. The molecule has 0 N–H and O–H groups in total. The Bertz CT molecular complexity index is 729. The minimum absolute atomic E-state index is 0.0952. The summed E-state index contributed by atoms with van der Waals surface area (Å²) in [5, 5.41) is 0. The molecule has 0 unspecified atom stereocenters. The van der Waals surface area contributed by atoms with Gasteiger partial charge >= 0.3 is 5.97 Å². The highest BCUT2D eigenvalue weighted by atomic mass is 16.5. The third-order valence-electron chi connectivity index (χ3n) is 12.6. The number of hydrogen-bond acceptors (Lipinski definition) is 2. The molecule has 0 aromatic heterocycles. The van der Waals surface area contributed by atoms with Gasteiger partial charge in [-0.05, 0) is 129 Å². The molecule has 0 bridgehead atoms. The van der Waals surface area contributed by atoms with Crippen LogP contribution in [0, 0.1) is 64.1 Å². The van der Waals surface area contributed by atoms with Crippen molar-refractivity contribution in [1.29, 1.82) is 0 Å². The Morgan fingerprint density at radius 1 is 0.882 bits per heavy atom. The Kier molecular flexibility index (Phi) is 7.20. The van der Waals surface area contributed by atoms with Gasteiger partial charge in [-0.3, -0.25) is 4.79 Å². The molecule has 5 aliphatic rings. The van der Waals surface area contributed by atoms with Gasteiger partial charge < -0.3 is 4.74 Å². The van der Waals surface area contributed by atoms with Crippen LogP contribution < -0.4 is 0 Å². The molecule has 194 valence electrons. The Labute approximate surface area is 210 Å². The molecule has 0 aromatic carbocycles. The van der Waals surface area contributed by atoms with Crippen LogP contribution in [-0.2, 0) is 9.53 Å². The lowest BCUT2D eigenvalue weighted by atomic mass is 9.43. The fourth-order valence-electron chi connectivity index (χ4n) is 10.7. The summed E-state index contributed by atoms with van der Waals surface area (Å²) in [6.07, 6.45) is 19.5. The second kappa shape index (κ2) is 9.74. The van der Waals surface area contributed by atoms with Gasteiger partial charge in [0.25, 0.3) is 0 Å². The largest absolute Gasteiger partial charge is 0.465 e. The standard InChI is InChI=1S/C32H54O2/c1-21(2)7-6-8-22(3)27-11-12-28-26-10-9-25-20-23(19-24-15-18-34-30(24)33)13-16-31(25,4)29(26)14-17-32(27,28)5/h21-29H,6-20H2,1-5H3/t22-,23-,24+,25+,26+,27-,28+,29+,31+,32-/m1/s1. The number of cyclic esters (lactones) is 1. The molecular formula is C32H54O2. The van der Waals surface area contributed by atoms with Crippen molar-refractivity contribution in [2.75, 3.05) is 6.61 Å². The van der Waals surface area contributed by atoms with E-state index in [1.807, 2.05) is 0 Å². The fraction of sp³-hybridized carbons (Fsp3) is 0.969. The Balaban J connectivity index is 1.22. The zero-order chi connectivity index (χ0) is 24.1. The van der Waals surface area contributed by atoms with Crippen LogP contribution in [0.5, 0.6) is 0 Å². The molecule has 5 fully saturated rings. The Hall–Kier alpha value is -0.530. The highest BCUT2D eigenvalue weighted by molar-refractivity contribution is 5.74. The topological polar surface area (TPSA) is 26.3 Å². The predicted molar refractivity (Wildman–Crippen MR) is 140 cm³/mol. The molecule has 0 spiro atoms. The number of esters is 1. The molecule has 2 nitrogen and oxygen atoms in total. The van der Waals surface area contributed by atoms with Crippen molar-refractivity contribution < 1.29 is 9.53 Å². The fourth-order valence-corrected chi connectivity index (χ4v) is 10.7. The van der Waals surface area contributed by atoms with E-state index >= 15 is 0 Å². The number of carbonyl (C=O) groups excluding carboxylic acids is 1. The summed E-state index contributed by atoms with van der Waals surface area (Å²) in [6.45, 7) is 13.5. The summed E-state index contributed by atoms with van der Waals surface area (Å²) in [5.74, 6) is 7.67. The SMILES string of the molecule is CC(C)CCC[C@@H](C)[C@H]1CC[C@H]2[C@@H]3CC[C@H]4C[C@@H](C[C@@H]5CCOC5=O)CC[C@]4(C)[C@H]3CC[C@]12C. The summed E-state index contributed by atoms with van der Waals surface area (Å²) in [7, 11) is 0. The molecule has 5 rings (SSSR count). The van der Waals surface area contributed by atoms with Crippen LogP contribution in [0.3, 0.4) is 0 Å². The van der Waals surface area contributed by atoms with Crippen LogP contribution in [0.4, 0.5) is 0 Å². The van der Waals surface area contributed by atoms with Gasteiger partial charge in [0.2, 0.25) is 0 Å². The van der Waals surface area contributed by atoms with Gasteiger partial charge in [-0.25, -0.2) is 0 Å². The first kappa shape index (κ1) is 25.1. The number of fused-ring (bicyclic) bond motifs is 5. The molecule has 1 heterocycles. The maximum atomic E-state index is 12.1. The van der Waals surface area contributed by atoms with Crippen LogP contribution in [0.15, 0.2) is 0 Å². The molecule has 2 heteroatoms. The first-order valence-electron chi connectivity index (χ1n) is 15.4. The molecule has 4 aliphatic carbocycles. The molecule has 0 radical (unpaired) electrons. The van der Waals surface area contributed by atoms with Crippen LogP contribution in [-0.4, -0.2) is 12.6 Å². The zero-order valence-electron chi connectivity index (χ0n) is 23.1. The van der Waals surface area contributed by atoms with Gasteiger partial charge in [-0.2, -0.15) is 0 Å². The molecular weight excluding hydrogens is 416 g/mol. The van der Waals surface area contributed by atoms with E-state index in [9.17, 15) is 4.79 Å². The number of ether oxygens (including phenoxy) is 1. The van der Waals surface area contributed by atoms with E-state index in [4.69, 9.17) is 4.74 Å². The summed E-state index contributed by atoms with van der Waals surface area (Å²) in [5.41, 5.74) is 1.18. The highest BCUT2D eigenvalue weighted by Gasteiger charge is 2.60.